The van der Waals surface area contributed by atoms with Crippen molar-refractivity contribution in [3.05, 3.63) is 22.7 Å². The van der Waals surface area contributed by atoms with Gasteiger partial charge in [-0.2, -0.15) is 0 Å². The quantitative estimate of drug-likeness (QED) is 0.820. The van der Waals surface area contributed by atoms with Gasteiger partial charge in [0.1, 0.15) is 10.6 Å². The lowest BCUT2D eigenvalue weighted by atomic mass is 9.94. The van der Waals surface area contributed by atoms with Gasteiger partial charge in [0.15, 0.2) is 0 Å². The molecule has 0 bridgehead atoms. The molecule has 1 saturated carbocycles. The largest absolute Gasteiger partial charge is 0.461 e. The second-order valence-electron chi connectivity index (χ2n) is 4.97. The number of hydrogen-bond acceptors (Lipinski definition) is 4. The third-order valence-electron chi connectivity index (χ3n) is 3.42. The molecule has 0 aliphatic heterocycles. The van der Waals surface area contributed by atoms with Crippen LogP contribution in [0.4, 0.5) is 4.39 Å². The maximum Gasteiger partial charge on any atom is 0.244 e. The molecule has 118 valence electrons. The van der Waals surface area contributed by atoms with Gasteiger partial charge < -0.3 is 9.84 Å². The van der Waals surface area contributed by atoms with Crippen LogP contribution in [0.2, 0.25) is 0 Å². The smallest absolute Gasteiger partial charge is 0.244 e. The number of aliphatic hydroxyl groups is 1. The molecule has 1 aliphatic carbocycles. The molecular weight excluding hydrogens is 365 g/mol. The SMILES string of the molecule is O=S(=O)(NC1CCC(O)CC1)c1ccc(Br)cc1OCF. The van der Waals surface area contributed by atoms with E-state index in [4.69, 9.17) is 4.74 Å². The maximum atomic E-state index is 12.4. The van der Waals surface area contributed by atoms with Gasteiger partial charge in [0.2, 0.25) is 16.9 Å². The molecule has 5 nitrogen and oxygen atoms in total. The van der Waals surface area contributed by atoms with E-state index in [9.17, 15) is 17.9 Å². The van der Waals surface area contributed by atoms with Gasteiger partial charge in [-0.05, 0) is 43.9 Å². The van der Waals surface area contributed by atoms with E-state index in [1.807, 2.05) is 0 Å². The van der Waals surface area contributed by atoms with Crippen LogP contribution in [0.15, 0.2) is 27.6 Å². The predicted octanol–water partition coefficient (Wildman–Crippen LogP) is 2.34. The van der Waals surface area contributed by atoms with Gasteiger partial charge in [0.25, 0.3) is 0 Å². The molecule has 1 aromatic rings. The molecule has 21 heavy (non-hydrogen) atoms. The van der Waals surface area contributed by atoms with Crippen LogP contribution >= 0.6 is 15.9 Å². The van der Waals surface area contributed by atoms with Gasteiger partial charge in [-0.15, -0.1) is 0 Å². The minimum absolute atomic E-state index is 0.0322. The van der Waals surface area contributed by atoms with Crippen molar-refractivity contribution >= 4 is 26.0 Å². The summed E-state index contributed by atoms with van der Waals surface area (Å²) in [5, 5.41) is 9.44. The molecule has 8 heteroatoms. The van der Waals surface area contributed by atoms with Gasteiger partial charge in [0.05, 0.1) is 6.10 Å². The number of hydrogen-bond donors (Lipinski definition) is 2. The van der Waals surface area contributed by atoms with E-state index in [0.717, 1.165) is 0 Å². The van der Waals surface area contributed by atoms with E-state index in [-0.39, 0.29) is 22.8 Å². The molecular formula is C13H17BrFNO4S. The average Bonchev–Trinajstić information content (AvgIpc) is 2.41. The van der Waals surface area contributed by atoms with E-state index in [1.165, 1.54) is 12.1 Å². The van der Waals surface area contributed by atoms with E-state index in [1.54, 1.807) is 6.07 Å². The van der Waals surface area contributed by atoms with Crippen molar-refractivity contribution in [3.8, 4) is 5.75 Å². The highest BCUT2D eigenvalue weighted by molar-refractivity contribution is 9.10. The summed E-state index contributed by atoms with van der Waals surface area (Å²) in [5.74, 6) is -0.0322. The Bertz CT molecular complexity index is 588. The summed E-state index contributed by atoms with van der Waals surface area (Å²) in [7, 11) is -3.79. The summed E-state index contributed by atoms with van der Waals surface area (Å²) < 4.78 is 45.1. The number of halogens is 2. The van der Waals surface area contributed by atoms with Gasteiger partial charge in [-0.3, -0.25) is 0 Å². The van der Waals surface area contributed by atoms with Crippen molar-refractivity contribution in [3.63, 3.8) is 0 Å². The first-order valence-corrected chi connectivity index (χ1v) is 8.88. The fourth-order valence-corrected chi connectivity index (χ4v) is 4.12. The first kappa shape index (κ1) is 16.7. The first-order chi connectivity index (χ1) is 9.92. The van der Waals surface area contributed by atoms with Crippen molar-refractivity contribution in [2.24, 2.45) is 0 Å². The molecule has 0 amide bonds. The summed E-state index contributed by atoms with van der Waals surface area (Å²) in [6.07, 6.45) is 1.94. The highest BCUT2D eigenvalue weighted by atomic mass is 79.9. The normalized spacial score (nSPS) is 23.0. The zero-order chi connectivity index (χ0) is 15.5. The average molecular weight is 382 g/mol. The monoisotopic (exact) mass is 381 g/mol. The number of ether oxygens (including phenoxy) is 1. The topological polar surface area (TPSA) is 75.6 Å². The highest BCUT2D eigenvalue weighted by Gasteiger charge is 2.27. The molecule has 1 aliphatic rings. The third-order valence-corrected chi connectivity index (χ3v) is 5.48. The van der Waals surface area contributed by atoms with Crippen LogP contribution in [0.5, 0.6) is 5.75 Å². The molecule has 0 saturated heterocycles. The predicted molar refractivity (Wildman–Crippen MR) is 79.3 cm³/mol. The Hall–Kier alpha value is -0.700. The Morgan fingerprint density at radius 1 is 1.33 bits per heavy atom. The van der Waals surface area contributed by atoms with Gasteiger partial charge >= 0.3 is 0 Å². The standard InChI is InChI=1S/C13H17BrFNO4S/c14-9-1-6-13(12(7-9)20-8-15)21(18,19)16-10-2-4-11(17)5-3-10/h1,6-7,10-11,16-17H,2-5,8H2. The van der Waals surface area contributed by atoms with Crippen molar-refractivity contribution in [1.29, 1.82) is 0 Å². The second kappa shape index (κ2) is 7.04. The molecule has 2 rings (SSSR count). The molecule has 0 atom stereocenters. The molecule has 0 aromatic heterocycles. The highest BCUT2D eigenvalue weighted by Crippen LogP contribution is 2.29. The van der Waals surface area contributed by atoms with E-state index in [0.29, 0.717) is 30.2 Å². The summed E-state index contributed by atoms with van der Waals surface area (Å²) in [4.78, 5) is -0.0885. The van der Waals surface area contributed by atoms with Crippen LogP contribution in [0, 0.1) is 0 Å². The zero-order valence-corrected chi connectivity index (χ0v) is 13.7. The Morgan fingerprint density at radius 3 is 2.62 bits per heavy atom. The third kappa shape index (κ3) is 4.38. The molecule has 1 aromatic carbocycles. The number of sulfonamides is 1. The van der Waals surface area contributed by atoms with Crippen molar-refractivity contribution < 1.29 is 22.7 Å². The van der Waals surface area contributed by atoms with Crippen LogP contribution < -0.4 is 9.46 Å². The molecule has 0 spiro atoms. The minimum atomic E-state index is -3.79. The lowest BCUT2D eigenvalue weighted by molar-refractivity contribution is 0.120. The molecule has 1 fully saturated rings. The van der Waals surface area contributed by atoms with Gasteiger partial charge in [0, 0.05) is 10.5 Å². The van der Waals surface area contributed by atoms with Crippen LogP contribution in [-0.2, 0) is 10.0 Å². The molecule has 0 heterocycles. The summed E-state index contributed by atoms with van der Waals surface area (Å²) >= 11 is 3.19. The van der Waals surface area contributed by atoms with E-state index >= 15 is 0 Å². The van der Waals surface area contributed by atoms with Crippen LogP contribution in [0.1, 0.15) is 25.7 Å². The summed E-state index contributed by atoms with van der Waals surface area (Å²) in [6.45, 7) is -1.10. The molecule has 0 radical (unpaired) electrons. The van der Waals surface area contributed by atoms with Crippen LogP contribution in [-0.4, -0.2) is 32.5 Å². The molecule has 0 unspecified atom stereocenters. The lowest BCUT2D eigenvalue weighted by Crippen LogP contribution is -2.38. The first-order valence-electron chi connectivity index (χ1n) is 6.61. The second-order valence-corrected chi connectivity index (χ2v) is 7.57. The number of rotatable bonds is 5. The molecule has 2 N–H and O–H groups in total. The van der Waals surface area contributed by atoms with Crippen molar-refractivity contribution in [1.82, 2.24) is 4.72 Å². The van der Waals surface area contributed by atoms with Crippen LogP contribution in [0.3, 0.4) is 0 Å². The van der Waals surface area contributed by atoms with Crippen LogP contribution in [0.25, 0.3) is 0 Å². The lowest BCUT2D eigenvalue weighted by Gasteiger charge is -2.26. The Balaban J connectivity index is 2.19. The number of aliphatic hydroxyl groups excluding tert-OH is 1. The van der Waals surface area contributed by atoms with Gasteiger partial charge in [-0.1, -0.05) is 15.9 Å². The maximum absolute atomic E-state index is 12.4. The fourth-order valence-electron chi connectivity index (χ4n) is 2.35. The van der Waals surface area contributed by atoms with Crippen molar-refractivity contribution in [2.75, 3.05) is 6.86 Å². The summed E-state index contributed by atoms with van der Waals surface area (Å²) in [5.41, 5.74) is 0. The van der Waals surface area contributed by atoms with Crippen molar-refractivity contribution in [2.45, 2.75) is 42.7 Å². The van der Waals surface area contributed by atoms with E-state index < -0.39 is 16.9 Å². The zero-order valence-electron chi connectivity index (χ0n) is 11.3. The van der Waals surface area contributed by atoms with Gasteiger partial charge in [-0.25, -0.2) is 17.5 Å². The number of benzene rings is 1. The Kier molecular flexibility index (Phi) is 5.59. The Labute approximate surface area is 131 Å². The van der Waals surface area contributed by atoms with E-state index in [2.05, 4.69) is 20.7 Å². The number of alkyl halides is 1. The minimum Gasteiger partial charge on any atom is -0.461 e. The summed E-state index contributed by atoms with van der Waals surface area (Å²) in [6, 6.07) is 4.12. The number of nitrogens with one attached hydrogen (secondary N) is 1. The fraction of sp³-hybridized carbons (Fsp3) is 0.538. The Morgan fingerprint density at radius 2 is 2.00 bits per heavy atom.